The first kappa shape index (κ1) is 13.3. The minimum absolute atomic E-state index is 0.788. The van der Waals surface area contributed by atoms with E-state index in [1.54, 1.807) is 7.11 Å². The van der Waals surface area contributed by atoms with E-state index in [-0.39, 0.29) is 0 Å². The predicted molar refractivity (Wildman–Crippen MR) is 74.1 cm³/mol. The van der Waals surface area contributed by atoms with Gasteiger partial charge >= 0.3 is 0 Å². The number of ether oxygens (including phenoxy) is 1. The molecule has 2 rings (SSSR count). The first-order valence-electron chi connectivity index (χ1n) is 6.81. The molecule has 1 aliphatic rings. The molecule has 0 spiro atoms. The molecule has 1 saturated carbocycles. The monoisotopic (exact) mass is 248 g/mol. The SMILES string of the molecule is CNCC1CCC1Cc1ncc(C)c(OC)c1C. The fourth-order valence-electron chi connectivity index (χ4n) is 2.96. The molecular formula is C15H24N2O. The summed E-state index contributed by atoms with van der Waals surface area (Å²) in [5.41, 5.74) is 3.55. The van der Waals surface area contributed by atoms with Gasteiger partial charge in [-0.3, -0.25) is 4.98 Å². The van der Waals surface area contributed by atoms with Gasteiger partial charge in [-0.2, -0.15) is 0 Å². The summed E-state index contributed by atoms with van der Waals surface area (Å²) in [6.45, 7) is 5.31. The van der Waals surface area contributed by atoms with Crippen molar-refractivity contribution in [1.29, 1.82) is 0 Å². The Bertz CT molecular complexity index is 417. The quantitative estimate of drug-likeness (QED) is 0.869. The minimum atomic E-state index is 0.788. The van der Waals surface area contributed by atoms with Gasteiger partial charge in [-0.25, -0.2) is 0 Å². The van der Waals surface area contributed by atoms with Gasteiger partial charge in [0.05, 0.1) is 7.11 Å². The molecule has 3 heteroatoms. The number of pyridine rings is 1. The van der Waals surface area contributed by atoms with Gasteiger partial charge in [-0.1, -0.05) is 0 Å². The summed E-state index contributed by atoms with van der Waals surface area (Å²) >= 11 is 0. The molecule has 0 aliphatic heterocycles. The zero-order valence-electron chi connectivity index (χ0n) is 11.9. The molecule has 0 saturated heterocycles. The van der Waals surface area contributed by atoms with Crippen molar-refractivity contribution in [2.75, 3.05) is 20.7 Å². The van der Waals surface area contributed by atoms with Crippen molar-refractivity contribution in [3.05, 3.63) is 23.0 Å². The average Bonchev–Trinajstić information content (AvgIpc) is 2.34. The van der Waals surface area contributed by atoms with E-state index < -0.39 is 0 Å². The van der Waals surface area contributed by atoms with Crippen molar-refractivity contribution in [1.82, 2.24) is 10.3 Å². The fourth-order valence-corrected chi connectivity index (χ4v) is 2.96. The normalized spacial score (nSPS) is 22.7. The Morgan fingerprint density at radius 1 is 1.33 bits per heavy atom. The van der Waals surface area contributed by atoms with Crippen molar-refractivity contribution in [3.8, 4) is 5.75 Å². The largest absolute Gasteiger partial charge is 0.496 e. The lowest BCUT2D eigenvalue weighted by Crippen LogP contribution is -2.35. The number of nitrogens with one attached hydrogen (secondary N) is 1. The lowest BCUT2D eigenvalue weighted by atomic mass is 9.71. The summed E-state index contributed by atoms with van der Waals surface area (Å²) in [5, 5.41) is 3.29. The van der Waals surface area contributed by atoms with Crippen LogP contribution in [-0.4, -0.2) is 25.7 Å². The van der Waals surface area contributed by atoms with Crippen LogP contribution in [0.15, 0.2) is 6.20 Å². The lowest BCUT2D eigenvalue weighted by molar-refractivity contribution is 0.172. The van der Waals surface area contributed by atoms with Gasteiger partial charge in [0.15, 0.2) is 0 Å². The Labute approximate surface area is 110 Å². The van der Waals surface area contributed by atoms with Crippen molar-refractivity contribution in [2.24, 2.45) is 11.8 Å². The lowest BCUT2D eigenvalue weighted by Gasteiger charge is -2.36. The molecular weight excluding hydrogens is 224 g/mol. The summed E-state index contributed by atoms with van der Waals surface area (Å²) < 4.78 is 5.47. The maximum Gasteiger partial charge on any atom is 0.128 e. The highest BCUT2D eigenvalue weighted by atomic mass is 16.5. The summed E-state index contributed by atoms with van der Waals surface area (Å²) in [6.07, 6.45) is 5.72. The molecule has 0 radical (unpaired) electrons. The van der Waals surface area contributed by atoms with Crippen LogP contribution in [0.4, 0.5) is 0 Å². The molecule has 1 fully saturated rings. The first-order valence-corrected chi connectivity index (χ1v) is 6.81. The third-order valence-corrected chi connectivity index (χ3v) is 4.25. The standard InChI is InChI=1S/C15H24N2O/c1-10-8-17-14(11(2)15(10)18-4)7-12-5-6-13(12)9-16-3/h8,12-13,16H,5-7,9H2,1-4H3. The Morgan fingerprint density at radius 3 is 2.61 bits per heavy atom. The number of aromatic nitrogens is 1. The van der Waals surface area contributed by atoms with Crippen LogP contribution in [0.2, 0.25) is 0 Å². The number of methoxy groups -OCH3 is 1. The highest BCUT2D eigenvalue weighted by molar-refractivity contribution is 5.41. The van der Waals surface area contributed by atoms with Gasteiger partial charge in [0, 0.05) is 23.0 Å². The van der Waals surface area contributed by atoms with Crippen molar-refractivity contribution in [2.45, 2.75) is 33.1 Å². The molecule has 0 aromatic carbocycles. The molecule has 1 aromatic heterocycles. The van der Waals surface area contributed by atoms with Gasteiger partial charge in [-0.15, -0.1) is 0 Å². The second-order valence-corrected chi connectivity index (χ2v) is 5.41. The minimum Gasteiger partial charge on any atom is -0.496 e. The second-order valence-electron chi connectivity index (χ2n) is 5.41. The molecule has 0 bridgehead atoms. The Balaban J connectivity index is 2.10. The van der Waals surface area contributed by atoms with E-state index in [0.717, 1.165) is 36.1 Å². The molecule has 0 amide bonds. The van der Waals surface area contributed by atoms with E-state index in [2.05, 4.69) is 24.1 Å². The van der Waals surface area contributed by atoms with E-state index in [4.69, 9.17) is 4.74 Å². The van der Waals surface area contributed by atoms with Crippen LogP contribution < -0.4 is 10.1 Å². The number of hydrogen-bond acceptors (Lipinski definition) is 3. The molecule has 1 heterocycles. The second kappa shape index (κ2) is 5.70. The molecule has 18 heavy (non-hydrogen) atoms. The van der Waals surface area contributed by atoms with Crippen LogP contribution in [0.5, 0.6) is 5.75 Å². The third-order valence-electron chi connectivity index (χ3n) is 4.25. The van der Waals surface area contributed by atoms with Gasteiger partial charge in [0.25, 0.3) is 0 Å². The maximum absolute atomic E-state index is 5.47. The van der Waals surface area contributed by atoms with Crippen molar-refractivity contribution >= 4 is 0 Å². The maximum atomic E-state index is 5.47. The van der Waals surface area contributed by atoms with E-state index in [0.29, 0.717) is 0 Å². The van der Waals surface area contributed by atoms with Crippen LogP contribution in [0.1, 0.15) is 29.7 Å². The van der Waals surface area contributed by atoms with Crippen LogP contribution in [0, 0.1) is 25.7 Å². The zero-order valence-corrected chi connectivity index (χ0v) is 11.9. The smallest absolute Gasteiger partial charge is 0.128 e. The zero-order chi connectivity index (χ0) is 13.1. The molecule has 1 aromatic rings. The van der Waals surface area contributed by atoms with Crippen molar-refractivity contribution < 1.29 is 4.74 Å². The van der Waals surface area contributed by atoms with Crippen LogP contribution >= 0.6 is 0 Å². The van der Waals surface area contributed by atoms with E-state index in [1.807, 2.05) is 13.2 Å². The van der Waals surface area contributed by atoms with Crippen LogP contribution in [-0.2, 0) is 6.42 Å². The summed E-state index contributed by atoms with van der Waals surface area (Å²) in [6, 6.07) is 0. The fraction of sp³-hybridized carbons (Fsp3) is 0.667. The number of nitrogens with zero attached hydrogens (tertiary/aromatic N) is 1. The molecule has 2 atom stereocenters. The number of hydrogen-bond donors (Lipinski definition) is 1. The van der Waals surface area contributed by atoms with Crippen molar-refractivity contribution in [3.63, 3.8) is 0 Å². The number of aryl methyl sites for hydroxylation is 1. The van der Waals surface area contributed by atoms with Gasteiger partial charge < -0.3 is 10.1 Å². The number of rotatable bonds is 5. The summed E-state index contributed by atoms with van der Waals surface area (Å²) in [7, 11) is 3.78. The van der Waals surface area contributed by atoms with E-state index >= 15 is 0 Å². The molecule has 1 N–H and O–H groups in total. The van der Waals surface area contributed by atoms with Crippen LogP contribution in [0.3, 0.4) is 0 Å². The Kier molecular flexibility index (Phi) is 4.23. The highest BCUT2D eigenvalue weighted by Gasteiger charge is 2.31. The molecule has 1 aliphatic carbocycles. The van der Waals surface area contributed by atoms with Gasteiger partial charge in [0.1, 0.15) is 5.75 Å². The first-order chi connectivity index (χ1) is 8.67. The Morgan fingerprint density at radius 2 is 2.06 bits per heavy atom. The summed E-state index contributed by atoms with van der Waals surface area (Å²) in [5.74, 6) is 2.61. The average molecular weight is 248 g/mol. The molecule has 2 unspecified atom stereocenters. The predicted octanol–water partition coefficient (Wildman–Crippen LogP) is 2.50. The molecule has 100 valence electrons. The highest BCUT2D eigenvalue weighted by Crippen LogP contribution is 2.37. The summed E-state index contributed by atoms with van der Waals surface area (Å²) in [4.78, 5) is 4.60. The van der Waals surface area contributed by atoms with Gasteiger partial charge in [-0.05, 0) is 58.5 Å². The topological polar surface area (TPSA) is 34.2 Å². The molecule has 3 nitrogen and oxygen atoms in total. The van der Waals surface area contributed by atoms with E-state index in [1.165, 1.54) is 24.1 Å². The van der Waals surface area contributed by atoms with Crippen LogP contribution in [0.25, 0.3) is 0 Å². The third kappa shape index (κ3) is 2.51. The van der Waals surface area contributed by atoms with E-state index in [9.17, 15) is 0 Å². The van der Waals surface area contributed by atoms with Gasteiger partial charge in [0.2, 0.25) is 0 Å². The Hall–Kier alpha value is -1.09.